The number of nitrogens with zero attached hydrogens (tertiary/aromatic N) is 5. The third-order valence-corrected chi connectivity index (χ3v) is 6.35. The fourth-order valence-electron chi connectivity index (χ4n) is 3.22. The summed E-state index contributed by atoms with van der Waals surface area (Å²) in [5.74, 6) is -0.797. The largest absolute Gasteiger partial charge is 0.504 e. The molecule has 0 amide bonds. The molecule has 1 aliphatic rings. The number of aromatic hydroxyl groups is 1. The summed E-state index contributed by atoms with van der Waals surface area (Å²) < 4.78 is 40.4. The van der Waals surface area contributed by atoms with E-state index in [9.17, 15) is 17.9 Å². The van der Waals surface area contributed by atoms with Gasteiger partial charge in [-0.15, -0.1) is 0 Å². The second-order valence-corrected chi connectivity index (χ2v) is 8.93. The van der Waals surface area contributed by atoms with Crippen LogP contribution in [-0.2, 0) is 10.0 Å². The zero-order chi connectivity index (χ0) is 20.1. The van der Waals surface area contributed by atoms with E-state index in [4.69, 9.17) is 11.6 Å². The molecule has 0 radical (unpaired) electrons. The number of aromatic nitrogens is 3. The van der Waals surface area contributed by atoms with Crippen molar-refractivity contribution >= 4 is 38.3 Å². The standard InChI is InChI=1S/C17H17ClFN5O3S/c1-28(26,27)23-6-4-22(5-7-23)15-8-11-9-21-24(14(11)10-20-15)13-3-2-12(18)17(25)16(13)19/h2-3,8-10,25H,4-7H2,1H3. The first-order valence-corrected chi connectivity index (χ1v) is 10.7. The summed E-state index contributed by atoms with van der Waals surface area (Å²) in [7, 11) is -3.20. The van der Waals surface area contributed by atoms with Crippen molar-refractivity contribution in [3.05, 3.63) is 41.4 Å². The van der Waals surface area contributed by atoms with E-state index in [0.717, 1.165) is 5.39 Å². The minimum atomic E-state index is -3.20. The summed E-state index contributed by atoms with van der Waals surface area (Å²) in [4.78, 5) is 6.43. The Bertz CT molecular complexity index is 1160. The van der Waals surface area contributed by atoms with Gasteiger partial charge in [-0.3, -0.25) is 0 Å². The highest BCUT2D eigenvalue weighted by Crippen LogP contribution is 2.32. The summed E-state index contributed by atoms with van der Waals surface area (Å²) in [6, 6.07) is 4.65. The molecule has 4 rings (SSSR count). The molecule has 0 atom stereocenters. The first kappa shape index (κ1) is 18.9. The molecule has 3 heterocycles. The molecule has 1 aliphatic heterocycles. The number of sulfonamides is 1. The van der Waals surface area contributed by atoms with Crippen LogP contribution in [0.15, 0.2) is 30.6 Å². The second kappa shape index (κ2) is 6.87. The van der Waals surface area contributed by atoms with Crippen LogP contribution in [0.1, 0.15) is 0 Å². The fraction of sp³-hybridized carbons (Fsp3) is 0.294. The van der Waals surface area contributed by atoms with Gasteiger partial charge in [0.2, 0.25) is 10.0 Å². The van der Waals surface area contributed by atoms with Crippen molar-refractivity contribution < 1.29 is 17.9 Å². The molecule has 0 spiro atoms. The summed E-state index contributed by atoms with van der Waals surface area (Å²) in [5, 5.41) is 14.6. The molecule has 1 fully saturated rings. The van der Waals surface area contributed by atoms with Gasteiger partial charge in [0.25, 0.3) is 0 Å². The van der Waals surface area contributed by atoms with Gasteiger partial charge in [0.05, 0.1) is 29.2 Å². The van der Waals surface area contributed by atoms with Crippen LogP contribution in [0.4, 0.5) is 10.2 Å². The number of pyridine rings is 1. The van der Waals surface area contributed by atoms with E-state index >= 15 is 0 Å². The Morgan fingerprint density at radius 1 is 1.18 bits per heavy atom. The van der Waals surface area contributed by atoms with Gasteiger partial charge in [-0.2, -0.15) is 9.40 Å². The quantitative estimate of drug-likeness (QED) is 0.690. The van der Waals surface area contributed by atoms with Crippen molar-refractivity contribution in [2.45, 2.75) is 0 Å². The predicted molar refractivity (Wildman–Crippen MR) is 104 cm³/mol. The SMILES string of the molecule is CS(=O)(=O)N1CCN(c2cc3cnn(-c4ccc(Cl)c(O)c4F)c3cn2)CC1. The number of piperazine rings is 1. The smallest absolute Gasteiger partial charge is 0.211 e. The lowest BCUT2D eigenvalue weighted by Crippen LogP contribution is -2.48. The fourth-order valence-corrected chi connectivity index (χ4v) is 4.19. The van der Waals surface area contributed by atoms with Gasteiger partial charge in [-0.25, -0.2) is 22.5 Å². The Morgan fingerprint density at radius 2 is 1.89 bits per heavy atom. The van der Waals surface area contributed by atoms with Crippen molar-refractivity contribution in [1.29, 1.82) is 0 Å². The van der Waals surface area contributed by atoms with Crippen LogP contribution in [0.25, 0.3) is 16.6 Å². The summed E-state index contributed by atoms with van der Waals surface area (Å²) >= 11 is 5.73. The number of fused-ring (bicyclic) bond motifs is 1. The lowest BCUT2D eigenvalue weighted by molar-refractivity contribution is 0.387. The molecule has 0 unspecified atom stereocenters. The van der Waals surface area contributed by atoms with Crippen molar-refractivity contribution in [3.8, 4) is 11.4 Å². The van der Waals surface area contributed by atoms with Crippen molar-refractivity contribution in [1.82, 2.24) is 19.1 Å². The Hall–Kier alpha value is -2.43. The zero-order valence-electron chi connectivity index (χ0n) is 14.9. The van der Waals surface area contributed by atoms with E-state index in [-0.39, 0.29) is 10.7 Å². The second-order valence-electron chi connectivity index (χ2n) is 6.54. The molecular weight excluding hydrogens is 409 g/mol. The van der Waals surface area contributed by atoms with Gasteiger partial charge in [-0.1, -0.05) is 11.6 Å². The van der Waals surface area contributed by atoms with Gasteiger partial charge < -0.3 is 10.0 Å². The first-order chi connectivity index (χ1) is 13.3. The molecule has 11 heteroatoms. The van der Waals surface area contributed by atoms with Crippen LogP contribution in [0.3, 0.4) is 0 Å². The highest BCUT2D eigenvalue weighted by atomic mass is 35.5. The molecule has 148 valence electrons. The Kier molecular flexibility index (Phi) is 4.64. The molecule has 1 N–H and O–H groups in total. The number of phenols is 1. The number of halogens is 2. The van der Waals surface area contributed by atoms with Crippen LogP contribution >= 0.6 is 11.6 Å². The lowest BCUT2D eigenvalue weighted by Gasteiger charge is -2.33. The molecule has 0 saturated carbocycles. The van der Waals surface area contributed by atoms with Crippen LogP contribution in [0, 0.1) is 5.82 Å². The molecule has 2 aromatic heterocycles. The van der Waals surface area contributed by atoms with E-state index in [1.165, 1.54) is 27.4 Å². The van der Waals surface area contributed by atoms with Crippen molar-refractivity contribution in [2.75, 3.05) is 37.3 Å². The average molecular weight is 426 g/mol. The first-order valence-electron chi connectivity index (χ1n) is 8.47. The highest BCUT2D eigenvalue weighted by molar-refractivity contribution is 7.88. The minimum absolute atomic E-state index is 0.0632. The minimum Gasteiger partial charge on any atom is -0.504 e. The zero-order valence-corrected chi connectivity index (χ0v) is 16.5. The van der Waals surface area contributed by atoms with Gasteiger partial charge in [0.1, 0.15) is 11.5 Å². The Balaban J connectivity index is 1.64. The molecule has 1 saturated heterocycles. The molecule has 28 heavy (non-hydrogen) atoms. The van der Waals surface area contributed by atoms with E-state index < -0.39 is 21.6 Å². The Labute approximate surface area is 165 Å². The van der Waals surface area contributed by atoms with Crippen LogP contribution in [0.5, 0.6) is 5.75 Å². The molecule has 0 aliphatic carbocycles. The van der Waals surface area contributed by atoms with Crippen LogP contribution < -0.4 is 4.90 Å². The van der Waals surface area contributed by atoms with E-state index in [1.54, 1.807) is 12.4 Å². The monoisotopic (exact) mass is 425 g/mol. The number of rotatable bonds is 3. The van der Waals surface area contributed by atoms with Gasteiger partial charge in [-0.05, 0) is 18.2 Å². The number of phenolic OH excluding ortho intramolecular Hbond substituents is 1. The number of hydrogen-bond donors (Lipinski definition) is 1. The molecule has 0 bridgehead atoms. The van der Waals surface area contributed by atoms with Crippen LogP contribution in [-0.4, -0.2) is 65.0 Å². The van der Waals surface area contributed by atoms with Gasteiger partial charge >= 0.3 is 0 Å². The summed E-state index contributed by atoms with van der Waals surface area (Å²) in [6.45, 7) is 1.85. The number of hydrogen-bond acceptors (Lipinski definition) is 6. The van der Waals surface area contributed by atoms with Crippen LogP contribution in [0.2, 0.25) is 5.02 Å². The maximum atomic E-state index is 14.4. The number of benzene rings is 1. The molecular formula is C17H17ClFN5O3S. The van der Waals surface area contributed by atoms with E-state index in [2.05, 4.69) is 10.1 Å². The van der Waals surface area contributed by atoms with E-state index in [0.29, 0.717) is 37.5 Å². The molecule has 1 aromatic carbocycles. The molecule has 8 nitrogen and oxygen atoms in total. The summed E-state index contributed by atoms with van der Waals surface area (Å²) in [5.41, 5.74) is 0.632. The van der Waals surface area contributed by atoms with Gasteiger partial charge in [0, 0.05) is 31.6 Å². The molecule has 3 aromatic rings. The maximum Gasteiger partial charge on any atom is 0.211 e. The van der Waals surface area contributed by atoms with E-state index in [1.807, 2.05) is 11.0 Å². The lowest BCUT2D eigenvalue weighted by atomic mass is 10.2. The normalized spacial score (nSPS) is 16.0. The van der Waals surface area contributed by atoms with Crippen molar-refractivity contribution in [3.63, 3.8) is 0 Å². The average Bonchev–Trinajstić information content (AvgIpc) is 3.09. The third-order valence-electron chi connectivity index (χ3n) is 4.75. The van der Waals surface area contributed by atoms with Gasteiger partial charge in [0.15, 0.2) is 11.6 Å². The third kappa shape index (κ3) is 3.27. The highest BCUT2D eigenvalue weighted by Gasteiger charge is 2.24. The summed E-state index contributed by atoms with van der Waals surface area (Å²) in [6.07, 6.45) is 4.36. The predicted octanol–water partition coefficient (Wildman–Crippen LogP) is 2.00. The number of anilines is 1. The maximum absolute atomic E-state index is 14.4. The topological polar surface area (TPSA) is 91.6 Å². The Morgan fingerprint density at radius 3 is 2.57 bits per heavy atom. The van der Waals surface area contributed by atoms with Crippen molar-refractivity contribution in [2.24, 2.45) is 0 Å².